The van der Waals surface area contributed by atoms with Crippen molar-refractivity contribution in [1.29, 1.82) is 0 Å². The maximum Gasteiger partial charge on any atom is 0.251 e. The lowest BCUT2D eigenvalue weighted by Crippen LogP contribution is -2.13. The van der Waals surface area contributed by atoms with Gasteiger partial charge in [0.15, 0.2) is 11.5 Å². The van der Waals surface area contributed by atoms with E-state index in [0.717, 1.165) is 5.56 Å². The minimum atomic E-state index is -0.201. The summed E-state index contributed by atoms with van der Waals surface area (Å²) in [5.74, 6) is 1.25. The van der Waals surface area contributed by atoms with Gasteiger partial charge in [-0.3, -0.25) is 4.79 Å². The number of carbonyl (C=O) groups excluding carboxylic acids is 1. The fourth-order valence-corrected chi connectivity index (χ4v) is 2.25. The van der Waals surface area contributed by atoms with Gasteiger partial charge < -0.3 is 19.5 Å². The maximum atomic E-state index is 12.4. The lowest BCUT2D eigenvalue weighted by molar-refractivity contribution is -0.112. The minimum Gasteiger partial charge on any atom is -0.493 e. The molecule has 0 unspecified atom stereocenters. The van der Waals surface area contributed by atoms with Crippen molar-refractivity contribution in [1.82, 2.24) is 0 Å². The average molecular weight is 327 g/mol. The summed E-state index contributed by atoms with van der Waals surface area (Å²) >= 11 is 0. The fraction of sp³-hybridized carbons (Fsp3) is 0.211. The quantitative estimate of drug-likeness (QED) is 0.821. The molecule has 126 valence electrons. The van der Waals surface area contributed by atoms with Gasteiger partial charge in [0.25, 0.3) is 5.91 Å². The van der Waals surface area contributed by atoms with Crippen LogP contribution < -0.4 is 19.5 Å². The molecule has 1 N–H and O–H groups in total. The number of anilines is 1. The third-order valence-corrected chi connectivity index (χ3v) is 3.46. The van der Waals surface area contributed by atoms with E-state index < -0.39 is 0 Å². The van der Waals surface area contributed by atoms with Crippen molar-refractivity contribution in [3.05, 3.63) is 53.6 Å². The van der Waals surface area contributed by atoms with Crippen molar-refractivity contribution < 1.29 is 19.0 Å². The fourth-order valence-electron chi connectivity index (χ4n) is 2.25. The van der Waals surface area contributed by atoms with Crippen molar-refractivity contribution >= 4 is 17.7 Å². The van der Waals surface area contributed by atoms with Crippen LogP contribution in [0.3, 0.4) is 0 Å². The maximum absolute atomic E-state index is 12.4. The van der Waals surface area contributed by atoms with E-state index in [2.05, 4.69) is 5.32 Å². The molecule has 0 bridgehead atoms. The number of amides is 1. The van der Waals surface area contributed by atoms with E-state index in [1.54, 1.807) is 19.1 Å². The highest BCUT2D eigenvalue weighted by Crippen LogP contribution is 2.39. The zero-order valence-corrected chi connectivity index (χ0v) is 14.3. The molecule has 2 aromatic rings. The standard InChI is InChI=1S/C19H21NO4/c1-13(10-14-8-6-5-7-9-14)19(21)20-15-11-16(22-2)18(24-4)17(12-15)23-3/h5-12H,1-4H3,(H,20,21)/b13-10+. The second-order valence-electron chi connectivity index (χ2n) is 5.11. The number of benzene rings is 2. The summed E-state index contributed by atoms with van der Waals surface area (Å²) in [5.41, 5.74) is 2.13. The molecule has 0 saturated carbocycles. The highest BCUT2D eigenvalue weighted by Gasteiger charge is 2.15. The number of ether oxygens (including phenoxy) is 3. The third-order valence-electron chi connectivity index (χ3n) is 3.46. The van der Waals surface area contributed by atoms with Crippen molar-refractivity contribution in [2.45, 2.75) is 6.92 Å². The molecule has 0 aliphatic carbocycles. The molecule has 0 atom stereocenters. The number of nitrogens with one attached hydrogen (secondary N) is 1. The highest BCUT2D eigenvalue weighted by atomic mass is 16.5. The highest BCUT2D eigenvalue weighted by molar-refractivity contribution is 6.06. The molecular formula is C19H21NO4. The molecule has 0 radical (unpaired) electrons. The molecule has 0 fully saturated rings. The van der Waals surface area contributed by atoms with E-state index in [9.17, 15) is 4.79 Å². The Hall–Kier alpha value is -2.95. The van der Waals surface area contributed by atoms with Crippen molar-refractivity contribution in [2.75, 3.05) is 26.6 Å². The smallest absolute Gasteiger partial charge is 0.251 e. The zero-order valence-electron chi connectivity index (χ0n) is 14.3. The molecule has 24 heavy (non-hydrogen) atoms. The minimum absolute atomic E-state index is 0.201. The molecule has 0 aliphatic rings. The molecule has 0 aliphatic heterocycles. The van der Waals surface area contributed by atoms with Gasteiger partial charge in [0, 0.05) is 23.4 Å². The summed E-state index contributed by atoms with van der Waals surface area (Å²) in [6.45, 7) is 1.76. The molecule has 0 spiro atoms. The van der Waals surface area contributed by atoms with Crippen LogP contribution in [0, 0.1) is 0 Å². The van der Waals surface area contributed by atoms with Crippen LogP contribution in [0.15, 0.2) is 48.0 Å². The molecule has 5 heteroatoms. The summed E-state index contributed by atoms with van der Waals surface area (Å²) in [5, 5.41) is 2.84. The number of carbonyl (C=O) groups is 1. The van der Waals surface area contributed by atoms with E-state index in [4.69, 9.17) is 14.2 Å². The van der Waals surface area contributed by atoms with Crippen LogP contribution in [0.25, 0.3) is 6.08 Å². The van der Waals surface area contributed by atoms with Crippen molar-refractivity contribution in [3.63, 3.8) is 0 Å². The lowest BCUT2D eigenvalue weighted by atomic mass is 10.1. The second kappa shape index (κ2) is 8.06. The predicted molar refractivity (Wildman–Crippen MR) is 94.8 cm³/mol. The Morgan fingerprint density at radius 1 is 0.958 bits per heavy atom. The van der Waals surface area contributed by atoms with Crippen molar-refractivity contribution in [3.8, 4) is 17.2 Å². The SMILES string of the molecule is COc1cc(NC(=O)/C(C)=C/c2ccccc2)cc(OC)c1OC. The summed E-state index contributed by atoms with van der Waals surface area (Å²) in [6.07, 6.45) is 1.83. The summed E-state index contributed by atoms with van der Waals surface area (Å²) < 4.78 is 15.8. The Kier molecular flexibility index (Phi) is 5.84. The Balaban J connectivity index is 2.24. The summed E-state index contributed by atoms with van der Waals surface area (Å²) in [4.78, 5) is 12.4. The number of methoxy groups -OCH3 is 3. The molecule has 5 nitrogen and oxygen atoms in total. The Labute approximate surface area is 141 Å². The molecular weight excluding hydrogens is 306 g/mol. The average Bonchev–Trinajstić information content (AvgIpc) is 2.61. The zero-order chi connectivity index (χ0) is 17.5. The van der Waals surface area contributed by atoms with E-state index in [1.165, 1.54) is 21.3 Å². The van der Waals surface area contributed by atoms with Crippen LogP contribution in [0.4, 0.5) is 5.69 Å². The Morgan fingerprint density at radius 2 is 1.54 bits per heavy atom. The van der Waals surface area contributed by atoms with Gasteiger partial charge in [-0.2, -0.15) is 0 Å². The second-order valence-corrected chi connectivity index (χ2v) is 5.11. The largest absolute Gasteiger partial charge is 0.493 e. The van der Waals surface area contributed by atoms with Gasteiger partial charge in [0.2, 0.25) is 5.75 Å². The monoisotopic (exact) mass is 327 g/mol. The first-order valence-corrected chi connectivity index (χ1v) is 7.43. The van der Waals surface area contributed by atoms with Gasteiger partial charge in [-0.1, -0.05) is 30.3 Å². The number of hydrogen-bond acceptors (Lipinski definition) is 4. The summed E-state index contributed by atoms with van der Waals surface area (Å²) in [6, 6.07) is 13.0. The third kappa shape index (κ3) is 4.07. The van der Waals surface area contributed by atoms with Crippen LogP contribution in [-0.2, 0) is 4.79 Å². The van der Waals surface area contributed by atoms with E-state index in [0.29, 0.717) is 28.5 Å². The Morgan fingerprint density at radius 3 is 2.04 bits per heavy atom. The number of hydrogen-bond donors (Lipinski definition) is 1. The molecule has 2 rings (SSSR count). The molecule has 2 aromatic carbocycles. The van der Waals surface area contributed by atoms with Gasteiger partial charge in [-0.25, -0.2) is 0 Å². The van der Waals surface area contributed by atoms with Crippen LogP contribution in [0.5, 0.6) is 17.2 Å². The van der Waals surface area contributed by atoms with Gasteiger partial charge in [-0.05, 0) is 18.6 Å². The van der Waals surface area contributed by atoms with Crippen LogP contribution in [0.1, 0.15) is 12.5 Å². The predicted octanol–water partition coefficient (Wildman–Crippen LogP) is 3.75. The normalized spacial score (nSPS) is 10.9. The lowest BCUT2D eigenvalue weighted by Gasteiger charge is -2.14. The number of rotatable bonds is 6. The topological polar surface area (TPSA) is 56.8 Å². The van der Waals surface area contributed by atoms with E-state index >= 15 is 0 Å². The van der Waals surface area contributed by atoms with Crippen LogP contribution in [-0.4, -0.2) is 27.2 Å². The first-order valence-electron chi connectivity index (χ1n) is 7.43. The van der Waals surface area contributed by atoms with Crippen LogP contribution >= 0.6 is 0 Å². The molecule has 1 amide bonds. The van der Waals surface area contributed by atoms with Gasteiger partial charge in [0.05, 0.1) is 21.3 Å². The summed E-state index contributed by atoms with van der Waals surface area (Å²) in [7, 11) is 4.60. The van der Waals surface area contributed by atoms with Gasteiger partial charge >= 0.3 is 0 Å². The van der Waals surface area contributed by atoms with Gasteiger partial charge in [0.1, 0.15) is 0 Å². The van der Waals surface area contributed by atoms with Gasteiger partial charge in [-0.15, -0.1) is 0 Å². The van der Waals surface area contributed by atoms with E-state index in [-0.39, 0.29) is 5.91 Å². The molecule has 0 saturated heterocycles. The van der Waals surface area contributed by atoms with E-state index in [1.807, 2.05) is 36.4 Å². The first kappa shape index (κ1) is 17.4. The molecule has 0 heterocycles. The molecule has 0 aromatic heterocycles. The first-order chi connectivity index (χ1) is 11.6. The van der Waals surface area contributed by atoms with Crippen LogP contribution in [0.2, 0.25) is 0 Å². The Bertz CT molecular complexity index is 713. The van der Waals surface area contributed by atoms with Crippen molar-refractivity contribution in [2.24, 2.45) is 0 Å².